The van der Waals surface area contributed by atoms with E-state index in [1.165, 1.54) is 6.07 Å². The molecule has 0 aliphatic rings. The van der Waals surface area contributed by atoms with Crippen molar-refractivity contribution in [3.8, 4) is 0 Å². The van der Waals surface area contributed by atoms with Gasteiger partial charge in [0, 0.05) is 22.1 Å². The van der Waals surface area contributed by atoms with Crippen LogP contribution in [0, 0.1) is 0 Å². The molecule has 0 atom stereocenters. The normalized spacial score (nSPS) is 10.1. The highest BCUT2D eigenvalue weighted by atomic mass is 35.5. The number of nitrogens with one attached hydrogen (secondary N) is 3. The molecule has 0 aliphatic heterocycles. The molecule has 3 rings (SSSR count). The van der Waals surface area contributed by atoms with Crippen molar-refractivity contribution in [1.29, 1.82) is 0 Å². The first-order valence-corrected chi connectivity index (χ1v) is 9.17. The maximum Gasteiger partial charge on any atom is 0.258 e. The van der Waals surface area contributed by atoms with Gasteiger partial charge >= 0.3 is 0 Å². The second-order valence-electron chi connectivity index (χ2n) is 5.60. The second-order valence-corrected chi connectivity index (χ2v) is 6.85. The number of carbonyl (C=O) groups is 1. The van der Waals surface area contributed by atoms with Gasteiger partial charge in [0.2, 0.25) is 0 Å². The first-order chi connectivity index (χ1) is 13.0. The summed E-state index contributed by atoms with van der Waals surface area (Å²) in [5, 5.41) is 9.76. The number of benzene rings is 3. The molecule has 0 saturated carbocycles. The highest BCUT2D eigenvalue weighted by Crippen LogP contribution is 2.21. The maximum atomic E-state index is 12.3. The summed E-state index contributed by atoms with van der Waals surface area (Å²) >= 11 is 17.1. The van der Waals surface area contributed by atoms with Crippen LogP contribution in [0.5, 0.6) is 0 Å². The van der Waals surface area contributed by atoms with Gasteiger partial charge in [-0.05, 0) is 66.8 Å². The number of anilines is 3. The predicted molar refractivity (Wildman–Crippen MR) is 116 cm³/mol. The Morgan fingerprint density at radius 3 is 2.11 bits per heavy atom. The van der Waals surface area contributed by atoms with Crippen molar-refractivity contribution >= 4 is 63.5 Å². The summed E-state index contributed by atoms with van der Waals surface area (Å²) in [6.07, 6.45) is 0. The zero-order chi connectivity index (χ0) is 19.2. The van der Waals surface area contributed by atoms with Crippen molar-refractivity contribution in [3.05, 3.63) is 88.4 Å². The van der Waals surface area contributed by atoms with Crippen LogP contribution in [0.25, 0.3) is 0 Å². The average Bonchev–Trinajstić information content (AvgIpc) is 2.64. The van der Waals surface area contributed by atoms with Crippen LogP contribution in [0.3, 0.4) is 0 Å². The van der Waals surface area contributed by atoms with Gasteiger partial charge in [0.05, 0.1) is 10.6 Å². The van der Waals surface area contributed by atoms with E-state index >= 15 is 0 Å². The van der Waals surface area contributed by atoms with Crippen molar-refractivity contribution in [2.45, 2.75) is 0 Å². The molecule has 7 heteroatoms. The fourth-order valence-corrected chi connectivity index (χ4v) is 3.04. The SMILES string of the molecule is O=C(NC(=S)Nc1ccc(Nc2ccccc2)cc1)c1ccc(Cl)cc1Cl. The Bertz CT molecular complexity index is 963. The lowest BCUT2D eigenvalue weighted by molar-refractivity contribution is 0.0978. The lowest BCUT2D eigenvalue weighted by atomic mass is 10.2. The van der Waals surface area contributed by atoms with E-state index in [2.05, 4.69) is 16.0 Å². The number of halogens is 2. The molecule has 0 aliphatic carbocycles. The average molecular weight is 416 g/mol. The number of thiocarbonyl (C=S) groups is 1. The molecular formula is C20H15Cl2N3OS. The minimum absolute atomic E-state index is 0.176. The Kier molecular flexibility index (Phi) is 6.29. The minimum atomic E-state index is -0.406. The number of hydrogen-bond acceptors (Lipinski definition) is 3. The van der Waals surface area contributed by atoms with Crippen molar-refractivity contribution in [3.63, 3.8) is 0 Å². The van der Waals surface area contributed by atoms with E-state index < -0.39 is 5.91 Å². The Labute approximate surface area is 172 Å². The van der Waals surface area contributed by atoms with Crippen LogP contribution in [-0.2, 0) is 0 Å². The van der Waals surface area contributed by atoms with Crippen molar-refractivity contribution < 1.29 is 4.79 Å². The number of para-hydroxylation sites is 1. The second kappa shape index (κ2) is 8.86. The van der Waals surface area contributed by atoms with Crippen LogP contribution in [0.4, 0.5) is 17.1 Å². The van der Waals surface area contributed by atoms with E-state index in [0.717, 1.165) is 17.1 Å². The summed E-state index contributed by atoms with van der Waals surface area (Å²) in [5.41, 5.74) is 2.99. The molecule has 4 nitrogen and oxygen atoms in total. The van der Waals surface area contributed by atoms with Gasteiger partial charge in [0.1, 0.15) is 0 Å². The summed E-state index contributed by atoms with van der Waals surface area (Å²) in [6.45, 7) is 0. The molecule has 3 aromatic rings. The van der Waals surface area contributed by atoms with E-state index in [0.29, 0.717) is 10.6 Å². The molecule has 3 N–H and O–H groups in total. The zero-order valence-electron chi connectivity index (χ0n) is 14.0. The molecule has 0 spiro atoms. The van der Waals surface area contributed by atoms with Crippen LogP contribution in [-0.4, -0.2) is 11.0 Å². The lowest BCUT2D eigenvalue weighted by Crippen LogP contribution is -2.34. The summed E-state index contributed by atoms with van der Waals surface area (Å²) < 4.78 is 0. The fourth-order valence-electron chi connectivity index (χ4n) is 2.33. The minimum Gasteiger partial charge on any atom is -0.356 e. The third-order valence-electron chi connectivity index (χ3n) is 3.61. The van der Waals surface area contributed by atoms with Gasteiger partial charge in [-0.1, -0.05) is 41.4 Å². The summed E-state index contributed by atoms with van der Waals surface area (Å²) in [4.78, 5) is 12.3. The highest BCUT2D eigenvalue weighted by Gasteiger charge is 2.12. The maximum absolute atomic E-state index is 12.3. The summed E-state index contributed by atoms with van der Waals surface area (Å²) in [7, 11) is 0. The van der Waals surface area contributed by atoms with Gasteiger partial charge in [-0.3, -0.25) is 10.1 Å². The molecular weight excluding hydrogens is 401 g/mol. The van der Waals surface area contributed by atoms with Crippen molar-refractivity contribution in [1.82, 2.24) is 5.32 Å². The molecule has 0 fully saturated rings. The number of carbonyl (C=O) groups excluding carboxylic acids is 1. The predicted octanol–water partition coefficient (Wildman–Crippen LogP) is 5.86. The van der Waals surface area contributed by atoms with Gasteiger partial charge in [0.25, 0.3) is 5.91 Å². The van der Waals surface area contributed by atoms with Gasteiger partial charge in [0.15, 0.2) is 5.11 Å². The van der Waals surface area contributed by atoms with E-state index in [1.54, 1.807) is 12.1 Å². The van der Waals surface area contributed by atoms with Crippen LogP contribution in [0.2, 0.25) is 10.0 Å². The van der Waals surface area contributed by atoms with Gasteiger partial charge in [-0.25, -0.2) is 0 Å². The number of amides is 1. The summed E-state index contributed by atoms with van der Waals surface area (Å²) in [5.74, 6) is -0.406. The van der Waals surface area contributed by atoms with Gasteiger partial charge in [-0.15, -0.1) is 0 Å². The lowest BCUT2D eigenvalue weighted by Gasteiger charge is -2.11. The molecule has 3 aromatic carbocycles. The van der Waals surface area contributed by atoms with E-state index in [4.69, 9.17) is 35.4 Å². The Morgan fingerprint density at radius 2 is 1.44 bits per heavy atom. The standard InChI is InChI=1S/C20H15Cl2N3OS/c21-13-6-11-17(18(22)12-13)19(26)25-20(27)24-16-9-7-15(8-10-16)23-14-4-2-1-3-5-14/h1-12,23H,(H2,24,25,26,27). The monoisotopic (exact) mass is 415 g/mol. The first kappa shape index (κ1) is 19.2. The number of hydrogen-bond donors (Lipinski definition) is 3. The van der Waals surface area contributed by atoms with Crippen molar-refractivity contribution in [2.75, 3.05) is 10.6 Å². The Hall–Kier alpha value is -2.60. The number of rotatable bonds is 4. The molecule has 27 heavy (non-hydrogen) atoms. The molecule has 0 bridgehead atoms. The van der Waals surface area contributed by atoms with Crippen LogP contribution >= 0.6 is 35.4 Å². The zero-order valence-corrected chi connectivity index (χ0v) is 16.3. The fraction of sp³-hybridized carbons (Fsp3) is 0. The van der Waals surface area contributed by atoms with Crippen LogP contribution in [0.1, 0.15) is 10.4 Å². The van der Waals surface area contributed by atoms with Crippen molar-refractivity contribution in [2.24, 2.45) is 0 Å². The smallest absolute Gasteiger partial charge is 0.258 e. The molecule has 0 heterocycles. The molecule has 0 aromatic heterocycles. The molecule has 0 unspecified atom stereocenters. The first-order valence-electron chi connectivity index (χ1n) is 8.01. The Balaban J connectivity index is 1.58. The highest BCUT2D eigenvalue weighted by molar-refractivity contribution is 7.80. The van der Waals surface area contributed by atoms with E-state index in [-0.39, 0.29) is 10.1 Å². The quantitative estimate of drug-likeness (QED) is 0.466. The van der Waals surface area contributed by atoms with E-state index in [1.807, 2.05) is 54.6 Å². The third kappa shape index (κ3) is 5.44. The van der Waals surface area contributed by atoms with E-state index in [9.17, 15) is 4.79 Å². The summed E-state index contributed by atoms with van der Waals surface area (Å²) in [6, 6.07) is 22.1. The third-order valence-corrected chi connectivity index (χ3v) is 4.36. The molecule has 0 saturated heterocycles. The molecule has 1 amide bonds. The Morgan fingerprint density at radius 1 is 0.815 bits per heavy atom. The largest absolute Gasteiger partial charge is 0.356 e. The van der Waals surface area contributed by atoms with Crippen LogP contribution in [0.15, 0.2) is 72.8 Å². The topological polar surface area (TPSA) is 53.2 Å². The van der Waals surface area contributed by atoms with Gasteiger partial charge < -0.3 is 10.6 Å². The molecule has 136 valence electrons. The van der Waals surface area contributed by atoms with Gasteiger partial charge in [-0.2, -0.15) is 0 Å². The molecule has 0 radical (unpaired) electrons. The van der Waals surface area contributed by atoms with Crippen LogP contribution < -0.4 is 16.0 Å².